The van der Waals surface area contributed by atoms with E-state index in [0.717, 1.165) is 18.4 Å². The molecule has 1 saturated carbocycles. The molecule has 0 bridgehead atoms. The molecule has 0 heterocycles. The lowest BCUT2D eigenvalue weighted by Crippen LogP contribution is -2.29. The molecule has 0 aromatic heterocycles. The Morgan fingerprint density at radius 2 is 1.94 bits per heavy atom. The van der Waals surface area contributed by atoms with Crippen molar-refractivity contribution in [1.82, 2.24) is 4.90 Å². The first kappa shape index (κ1) is 10.9. The molecule has 16 heavy (non-hydrogen) atoms. The summed E-state index contributed by atoms with van der Waals surface area (Å²) in [5.74, 6) is 0.449. The Kier molecular flexibility index (Phi) is 2.54. The van der Waals surface area contributed by atoms with Crippen molar-refractivity contribution in [2.75, 3.05) is 7.05 Å². The summed E-state index contributed by atoms with van der Waals surface area (Å²) in [6, 6.07) is 6.64. The number of benzene rings is 1. The van der Waals surface area contributed by atoms with Gasteiger partial charge in [0, 0.05) is 7.05 Å². The van der Waals surface area contributed by atoms with E-state index in [1.807, 2.05) is 24.1 Å². The zero-order valence-electron chi connectivity index (χ0n) is 9.41. The minimum absolute atomic E-state index is 0.0496. The van der Waals surface area contributed by atoms with E-state index in [-0.39, 0.29) is 11.4 Å². The van der Waals surface area contributed by atoms with E-state index in [2.05, 4.69) is 18.3 Å². The van der Waals surface area contributed by atoms with Gasteiger partial charge in [0.15, 0.2) is 0 Å². The van der Waals surface area contributed by atoms with Crippen LogP contribution in [0, 0.1) is 5.82 Å². The van der Waals surface area contributed by atoms with Crippen LogP contribution in [-0.2, 0) is 5.54 Å². The molecular weight excluding hydrogens is 203 g/mol. The van der Waals surface area contributed by atoms with Gasteiger partial charge in [0.2, 0.25) is 0 Å². The summed E-state index contributed by atoms with van der Waals surface area (Å²) in [7, 11) is 1.95. The van der Waals surface area contributed by atoms with Crippen molar-refractivity contribution in [2.45, 2.75) is 18.4 Å². The van der Waals surface area contributed by atoms with Crippen LogP contribution in [0.3, 0.4) is 0 Å². The van der Waals surface area contributed by atoms with E-state index in [9.17, 15) is 4.39 Å². The number of rotatable bonds is 4. The Morgan fingerprint density at radius 1 is 1.38 bits per heavy atom. The summed E-state index contributed by atoms with van der Waals surface area (Å²) in [5.41, 5.74) is 1.06. The van der Waals surface area contributed by atoms with Crippen LogP contribution in [0.2, 0.25) is 0 Å². The first-order chi connectivity index (χ1) is 7.60. The summed E-state index contributed by atoms with van der Waals surface area (Å²) in [6.07, 6.45) is 2.09. The number of halogens is 1. The van der Waals surface area contributed by atoms with Crippen molar-refractivity contribution >= 4 is 6.72 Å². The Bertz CT molecular complexity index is 418. The Hall–Kier alpha value is -1.64. The van der Waals surface area contributed by atoms with E-state index in [1.165, 1.54) is 12.1 Å². The van der Waals surface area contributed by atoms with Crippen LogP contribution in [0.25, 0.3) is 0 Å². The zero-order valence-corrected chi connectivity index (χ0v) is 9.41. The van der Waals surface area contributed by atoms with Crippen molar-refractivity contribution in [1.29, 1.82) is 0 Å². The number of hydrogen-bond donors (Lipinski definition) is 0. The third-order valence-corrected chi connectivity index (χ3v) is 3.32. The molecular formula is C13H15FN2. The summed E-state index contributed by atoms with van der Waals surface area (Å²) in [5, 5.41) is 0. The van der Waals surface area contributed by atoms with E-state index in [1.54, 1.807) is 0 Å². The highest BCUT2D eigenvalue weighted by molar-refractivity contribution is 5.34. The third-order valence-electron chi connectivity index (χ3n) is 3.32. The highest BCUT2D eigenvalue weighted by atomic mass is 19.1. The second kappa shape index (κ2) is 3.74. The van der Waals surface area contributed by atoms with Crippen molar-refractivity contribution in [3.63, 3.8) is 0 Å². The second-order valence-electron chi connectivity index (χ2n) is 4.17. The van der Waals surface area contributed by atoms with Crippen LogP contribution < -0.4 is 0 Å². The van der Waals surface area contributed by atoms with E-state index < -0.39 is 0 Å². The molecule has 0 aliphatic heterocycles. The molecule has 1 fully saturated rings. The summed E-state index contributed by atoms with van der Waals surface area (Å²) >= 11 is 0. The Labute approximate surface area is 95.1 Å². The predicted octanol–water partition coefficient (Wildman–Crippen LogP) is 2.92. The molecule has 0 radical (unpaired) electrons. The fraction of sp³-hybridized carbons (Fsp3) is 0.308. The molecule has 2 rings (SSSR count). The minimum Gasteiger partial charge on any atom is -0.350 e. The predicted molar refractivity (Wildman–Crippen MR) is 63.8 cm³/mol. The van der Waals surface area contributed by atoms with Gasteiger partial charge in [-0.05, 0) is 37.3 Å². The molecule has 84 valence electrons. The van der Waals surface area contributed by atoms with Crippen LogP contribution in [0.4, 0.5) is 4.39 Å². The molecule has 0 unspecified atom stereocenters. The van der Waals surface area contributed by atoms with Gasteiger partial charge in [0.1, 0.15) is 11.6 Å². The fourth-order valence-corrected chi connectivity index (χ4v) is 2.05. The van der Waals surface area contributed by atoms with E-state index >= 15 is 0 Å². The SMILES string of the molecule is C=NC(=C)N(C)C1(c2ccc(F)cc2)CC1. The highest BCUT2D eigenvalue weighted by Crippen LogP contribution is 2.51. The molecule has 3 heteroatoms. The molecule has 0 saturated heterocycles. The van der Waals surface area contributed by atoms with Crippen molar-refractivity contribution in [2.24, 2.45) is 4.99 Å². The number of hydrogen-bond acceptors (Lipinski definition) is 2. The van der Waals surface area contributed by atoms with Crippen LogP contribution in [0.1, 0.15) is 18.4 Å². The van der Waals surface area contributed by atoms with Crippen LogP contribution in [0.15, 0.2) is 41.7 Å². The second-order valence-corrected chi connectivity index (χ2v) is 4.17. The van der Waals surface area contributed by atoms with Gasteiger partial charge in [-0.3, -0.25) is 0 Å². The maximum absolute atomic E-state index is 12.9. The molecule has 1 aliphatic rings. The van der Waals surface area contributed by atoms with Crippen molar-refractivity contribution in [3.8, 4) is 0 Å². The lowest BCUT2D eigenvalue weighted by molar-refractivity contribution is 0.284. The summed E-state index contributed by atoms with van der Waals surface area (Å²) < 4.78 is 12.9. The van der Waals surface area contributed by atoms with Gasteiger partial charge >= 0.3 is 0 Å². The molecule has 1 aliphatic carbocycles. The van der Waals surface area contributed by atoms with E-state index in [0.29, 0.717) is 5.82 Å². The van der Waals surface area contributed by atoms with E-state index in [4.69, 9.17) is 0 Å². The van der Waals surface area contributed by atoms with Crippen LogP contribution >= 0.6 is 0 Å². The first-order valence-electron chi connectivity index (χ1n) is 5.26. The fourth-order valence-electron chi connectivity index (χ4n) is 2.05. The largest absolute Gasteiger partial charge is 0.350 e. The normalized spacial score (nSPS) is 16.6. The van der Waals surface area contributed by atoms with Gasteiger partial charge < -0.3 is 4.90 Å². The zero-order chi connectivity index (χ0) is 11.8. The lowest BCUT2D eigenvalue weighted by atomic mass is 10.0. The van der Waals surface area contributed by atoms with Gasteiger partial charge in [-0.2, -0.15) is 0 Å². The Morgan fingerprint density at radius 3 is 2.38 bits per heavy atom. The summed E-state index contributed by atoms with van der Waals surface area (Å²) in [4.78, 5) is 5.87. The van der Waals surface area contributed by atoms with Crippen molar-refractivity contribution in [3.05, 3.63) is 48.0 Å². The smallest absolute Gasteiger partial charge is 0.123 e. The van der Waals surface area contributed by atoms with Crippen LogP contribution in [0.5, 0.6) is 0 Å². The van der Waals surface area contributed by atoms with Gasteiger partial charge in [0.25, 0.3) is 0 Å². The monoisotopic (exact) mass is 218 g/mol. The third kappa shape index (κ3) is 1.62. The molecule has 0 amide bonds. The molecule has 0 spiro atoms. The topological polar surface area (TPSA) is 15.6 Å². The standard InChI is InChI=1S/C13H15FN2/c1-10(15-2)16(3)13(8-9-13)11-4-6-12(14)7-5-11/h4-7H,1-2,8-9H2,3H3. The molecule has 0 atom stereocenters. The molecule has 2 nitrogen and oxygen atoms in total. The highest BCUT2D eigenvalue weighted by Gasteiger charge is 2.48. The molecule has 1 aromatic rings. The van der Waals surface area contributed by atoms with Crippen molar-refractivity contribution < 1.29 is 4.39 Å². The molecule has 1 aromatic carbocycles. The number of nitrogens with zero attached hydrogens (tertiary/aromatic N) is 2. The van der Waals surface area contributed by atoms with Gasteiger partial charge in [0.05, 0.1) is 5.54 Å². The number of aliphatic imine (C=N–C) groups is 1. The quantitative estimate of drug-likeness (QED) is 0.709. The lowest BCUT2D eigenvalue weighted by Gasteiger charge is -2.30. The average molecular weight is 218 g/mol. The maximum atomic E-state index is 12.9. The van der Waals surface area contributed by atoms with Gasteiger partial charge in [-0.15, -0.1) is 0 Å². The van der Waals surface area contributed by atoms with Crippen LogP contribution in [-0.4, -0.2) is 18.7 Å². The average Bonchev–Trinajstić information content (AvgIpc) is 3.09. The van der Waals surface area contributed by atoms with Gasteiger partial charge in [-0.1, -0.05) is 18.7 Å². The minimum atomic E-state index is -0.206. The molecule has 0 N–H and O–H groups in total. The summed E-state index contributed by atoms with van der Waals surface area (Å²) in [6.45, 7) is 7.32. The Balaban J connectivity index is 2.29. The maximum Gasteiger partial charge on any atom is 0.123 e. The van der Waals surface area contributed by atoms with Gasteiger partial charge in [-0.25, -0.2) is 9.38 Å². The first-order valence-corrected chi connectivity index (χ1v) is 5.26.